The van der Waals surface area contributed by atoms with Crippen LogP contribution in [-0.4, -0.2) is 19.6 Å². The number of hydrogen-bond donors (Lipinski definition) is 0. The number of hydrogen-bond acceptors (Lipinski definition) is 3. The molecule has 0 fully saturated rings. The van der Waals surface area contributed by atoms with Crippen LogP contribution in [0, 0.1) is 5.82 Å². The summed E-state index contributed by atoms with van der Waals surface area (Å²) in [6.07, 6.45) is 7.04. The first-order valence-electron chi connectivity index (χ1n) is 6.15. The minimum atomic E-state index is -0.282. The van der Waals surface area contributed by atoms with E-state index in [-0.39, 0.29) is 5.82 Å². The summed E-state index contributed by atoms with van der Waals surface area (Å²) in [6, 6.07) is 8.37. The molecule has 0 saturated heterocycles. The molecule has 0 saturated carbocycles. The number of rotatable bonds is 1. The van der Waals surface area contributed by atoms with Gasteiger partial charge in [-0.15, -0.1) is 0 Å². The minimum absolute atomic E-state index is 0.282. The molecule has 4 nitrogen and oxygen atoms in total. The lowest BCUT2D eigenvalue weighted by Gasteiger charge is -2.01. The van der Waals surface area contributed by atoms with Gasteiger partial charge in [0.25, 0.3) is 0 Å². The normalized spacial score (nSPS) is 11.2. The second-order valence-electron chi connectivity index (χ2n) is 4.51. The fraction of sp³-hybridized carbons (Fsp3) is 0. The average Bonchev–Trinajstić information content (AvgIpc) is 2.91. The summed E-state index contributed by atoms with van der Waals surface area (Å²) >= 11 is 0. The molecule has 0 atom stereocenters. The van der Waals surface area contributed by atoms with Gasteiger partial charge in [-0.2, -0.15) is 5.10 Å². The van der Waals surface area contributed by atoms with Crippen molar-refractivity contribution in [1.29, 1.82) is 0 Å². The molecule has 96 valence electrons. The van der Waals surface area contributed by atoms with Gasteiger partial charge in [0.05, 0.1) is 11.7 Å². The Balaban J connectivity index is 1.96. The van der Waals surface area contributed by atoms with Gasteiger partial charge in [-0.25, -0.2) is 13.9 Å². The zero-order chi connectivity index (χ0) is 13.5. The Hall–Kier alpha value is -2.82. The third-order valence-electron chi connectivity index (χ3n) is 3.24. The van der Waals surface area contributed by atoms with Gasteiger partial charge in [0.15, 0.2) is 5.65 Å². The van der Waals surface area contributed by atoms with Crippen LogP contribution in [0.1, 0.15) is 0 Å². The smallest absolute Gasteiger partial charge is 0.162 e. The lowest BCUT2D eigenvalue weighted by molar-refractivity contribution is 0.629. The van der Waals surface area contributed by atoms with Gasteiger partial charge < -0.3 is 0 Å². The molecule has 0 N–H and O–H groups in total. The van der Waals surface area contributed by atoms with E-state index in [1.807, 2.05) is 18.3 Å². The summed E-state index contributed by atoms with van der Waals surface area (Å²) < 4.78 is 14.9. The Bertz CT molecular complexity index is 929. The largest absolute Gasteiger partial charge is 0.256 e. The highest BCUT2D eigenvalue weighted by Crippen LogP contribution is 2.25. The van der Waals surface area contributed by atoms with Gasteiger partial charge >= 0.3 is 0 Å². The number of nitrogens with zero attached hydrogens (tertiary/aromatic N) is 4. The Kier molecular flexibility index (Phi) is 2.26. The Morgan fingerprint density at radius 3 is 2.95 bits per heavy atom. The van der Waals surface area contributed by atoms with Gasteiger partial charge in [-0.05, 0) is 24.3 Å². The van der Waals surface area contributed by atoms with Crippen LogP contribution >= 0.6 is 0 Å². The second-order valence-corrected chi connectivity index (χ2v) is 4.51. The van der Waals surface area contributed by atoms with Crippen LogP contribution in [0.4, 0.5) is 4.39 Å². The molecule has 0 aliphatic rings. The molecule has 0 radical (unpaired) electrons. The Morgan fingerprint density at radius 1 is 1.05 bits per heavy atom. The van der Waals surface area contributed by atoms with Crippen LogP contribution < -0.4 is 0 Å². The van der Waals surface area contributed by atoms with E-state index < -0.39 is 0 Å². The van der Waals surface area contributed by atoms with E-state index in [1.54, 1.807) is 29.2 Å². The highest BCUT2D eigenvalue weighted by Gasteiger charge is 2.08. The van der Waals surface area contributed by atoms with E-state index in [2.05, 4.69) is 15.1 Å². The van der Waals surface area contributed by atoms with E-state index >= 15 is 0 Å². The Morgan fingerprint density at radius 2 is 2.00 bits per heavy atom. The maximum atomic E-state index is 13.2. The summed E-state index contributed by atoms with van der Waals surface area (Å²) in [7, 11) is 0. The van der Waals surface area contributed by atoms with E-state index in [4.69, 9.17) is 0 Å². The molecule has 0 unspecified atom stereocenters. The zero-order valence-electron chi connectivity index (χ0n) is 10.4. The van der Waals surface area contributed by atoms with Gasteiger partial charge in [0.2, 0.25) is 0 Å². The molecule has 4 aromatic rings. The monoisotopic (exact) mass is 264 g/mol. The van der Waals surface area contributed by atoms with E-state index in [0.717, 1.165) is 22.2 Å². The maximum Gasteiger partial charge on any atom is 0.162 e. The number of pyridine rings is 1. The van der Waals surface area contributed by atoms with Crippen molar-refractivity contribution < 1.29 is 4.39 Å². The topological polar surface area (TPSA) is 43.1 Å². The number of halogens is 1. The minimum Gasteiger partial charge on any atom is -0.256 e. The standard InChI is InChI=1S/C15H9FN4/c16-12-3-2-10-6-11(8-18-14(10)7-12)13-9-19-20-5-1-4-17-15(13)20/h1-9H. The van der Waals surface area contributed by atoms with Crippen LogP contribution in [0.5, 0.6) is 0 Å². The molecule has 0 aliphatic carbocycles. The van der Waals surface area contributed by atoms with Gasteiger partial charge in [-0.1, -0.05) is 0 Å². The zero-order valence-corrected chi connectivity index (χ0v) is 10.4. The number of fused-ring (bicyclic) bond motifs is 2. The van der Waals surface area contributed by atoms with Crippen molar-refractivity contribution >= 4 is 16.6 Å². The van der Waals surface area contributed by atoms with Crippen LogP contribution in [0.15, 0.2) is 55.1 Å². The van der Waals surface area contributed by atoms with Gasteiger partial charge in [-0.3, -0.25) is 4.98 Å². The van der Waals surface area contributed by atoms with Gasteiger partial charge in [0, 0.05) is 41.2 Å². The molecule has 20 heavy (non-hydrogen) atoms. The van der Waals surface area contributed by atoms with E-state index in [9.17, 15) is 4.39 Å². The van der Waals surface area contributed by atoms with Crippen LogP contribution in [0.25, 0.3) is 27.7 Å². The van der Waals surface area contributed by atoms with Gasteiger partial charge in [0.1, 0.15) is 5.82 Å². The van der Waals surface area contributed by atoms with Crippen molar-refractivity contribution in [3.05, 3.63) is 60.9 Å². The van der Waals surface area contributed by atoms with Crippen molar-refractivity contribution in [1.82, 2.24) is 19.6 Å². The average molecular weight is 264 g/mol. The summed E-state index contributed by atoms with van der Waals surface area (Å²) in [5, 5.41) is 5.14. The molecular weight excluding hydrogens is 255 g/mol. The lowest BCUT2D eigenvalue weighted by atomic mass is 10.1. The molecule has 4 rings (SSSR count). The first-order chi connectivity index (χ1) is 9.81. The predicted molar refractivity (Wildman–Crippen MR) is 73.7 cm³/mol. The van der Waals surface area contributed by atoms with E-state index in [0.29, 0.717) is 5.52 Å². The molecule has 0 spiro atoms. The number of benzene rings is 1. The van der Waals surface area contributed by atoms with E-state index in [1.165, 1.54) is 12.1 Å². The summed E-state index contributed by atoms with van der Waals surface area (Å²) in [5.41, 5.74) is 3.23. The fourth-order valence-corrected chi connectivity index (χ4v) is 2.27. The first-order valence-corrected chi connectivity index (χ1v) is 6.15. The van der Waals surface area contributed by atoms with Crippen molar-refractivity contribution in [3.8, 4) is 11.1 Å². The summed E-state index contributed by atoms with van der Waals surface area (Å²) in [5.74, 6) is -0.282. The van der Waals surface area contributed by atoms with Crippen molar-refractivity contribution in [2.45, 2.75) is 0 Å². The number of aromatic nitrogens is 4. The molecule has 0 bridgehead atoms. The van der Waals surface area contributed by atoms with Crippen LogP contribution in [-0.2, 0) is 0 Å². The lowest BCUT2D eigenvalue weighted by Crippen LogP contribution is -1.88. The molecule has 3 heterocycles. The molecular formula is C15H9FN4. The molecule has 0 aliphatic heterocycles. The molecule has 5 heteroatoms. The summed E-state index contributed by atoms with van der Waals surface area (Å²) in [6.45, 7) is 0. The highest BCUT2D eigenvalue weighted by atomic mass is 19.1. The van der Waals surface area contributed by atoms with Crippen LogP contribution in [0.3, 0.4) is 0 Å². The summed E-state index contributed by atoms with van der Waals surface area (Å²) in [4.78, 5) is 8.62. The van der Waals surface area contributed by atoms with Crippen LogP contribution in [0.2, 0.25) is 0 Å². The molecule has 0 amide bonds. The quantitative estimate of drug-likeness (QED) is 0.530. The highest BCUT2D eigenvalue weighted by molar-refractivity contribution is 5.86. The van der Waals surface area contributed by atoms with Crippen molar-refractivity contribution in [2.24, 2.45) is 0 Å². The van der Waals surface area contributed by atoms with Crippen molar-refractivity contribution in [3.63, 3.8) is 0 Å². The SMILES string of the molecule is Fc1ccc2cc(-c3cnn4cccnc34)cnc2c1. The maximum absolute atomic E-state index is 13.2. The first kappa shape index (κ1) is 11.0. The Labute approximate surface area is 113 Å². The third-order valence-corrected chi connectivity index (χ3v) is 3.24. The molecule has 3 aromatic heterocycles. The third kappa shape index (κ3) is 1.64. The fourth-order valence-electron chi connectivity index (χ4n) is 2.27. The molecule has 1 aromatic carbocycles. The van der Waals surface area contributed by atoms with Crippen molar-refractivity contribution in [2.75, 3.05) is 0 Å². The second kappa shape index (κ2) is 4.09. The predicted octanol–water partition coefficient (Wildman–Crippen LogP) is 3.08.